The van der Waals surface area contributed by atoms with E-state index in [1.165, 1.54) is 0 Å². The highest BCUT2D eigenvalue weighted by molar-refractivity contribution is 6.30. The van der Waals surface area contributed by atoms with E-state index in [0.717, 1.165) is 25.9 Å². The van der Waals surface area contributed by atoms with Crippen LogP contribution in [0.25, 0.3) is 0 Å². The summed E-state index contributed by atoms with van der Waals surface area (Å²) in [6.07, 6.45) is 4.69. The van der Waals surface area contributed by atoms with Crippen molar-refractivity contribution in [2.24, 2.45) is 0 Å². The molecule has 0 atom stereocenters. The predicted molar refractivity (Wildman–Crippen MR) is 59.1 cm³/mol. The number of aliphatic hydroxyl groups is 1. The maximum atomic E-state index is 9.79. The zero-order valence-corrected chi connectivity index (χ0v) is 9.41. The van der Waals surface area contributed by atoms with Crippen molar-refractivity contribution in [3.05, 3.63) is 17.4 Å². The number of anilines is 1. The Bertz CT molecular complexity index is 329. The van der Waals surface area contributed by atoms with Crippen molar-refractivity contribution >= 4 is 17.5 Å². The largest absolute Gasteiger partial charge is 0.390 e. The van der Waals surface area contributed by atoms with Gasteiger partial charge in [-0.2, -0.15) is 0 Å². The molecule has 2 rings (SSSR count). The third kappa shape index (κ3) is 2.58. The number of nitrogens with zero attached hydrogens (tertiary/aromatic N) is 3. The number of rotatable bonds is 1. The highest BCUT2D eigenvalue weighted by atomic mass is 35.5. The van der Waals surface area contributed by atoms with Gasteiger partial charge in [-0.05, 0) is 19.8 Å². The SMILES string of the molecule is CC1(O)CCN(c2ncc(Cl)cn2)CC1. The molecule has 15 heavy (non-hydrogen) atoms. The van der Waals surface area contributed by atoms with Gasteiger partial charge in [0.1, 0.15) is 0 Å². The molecular formula is C10H14ClN3O. The molecule has 4 nitrogen and oxygen atoms in total. The average molecular weight is 228 g/mol. The Hall–Kier alpha value is -0.870. The Labute approximate surface area is 93.9 Å². The van der Waals surface area contributed by atoms with Crippen LogP contribution in [0.1, 0.15) is 19.8 Å². The summed E-state index contributed by atoms with van der Waals surface area (Å²) in [7, 11) is 0. The van der Waals surface area contributed by atoms with E-state index in [1.54, 1.807) is 12.4 Å². The van der Waals surface area contributed by atoms with Crippen molar-refractivity contribution < 1.29 is 5.11 Å². The van der Waals surface area contributed by atoms with E-state index in [1.807, 2.05) is 6.92 Å². The molecular weight excluding hydrogens is 214 g/mol. The quantitative estimate of drug-likeness (QED) is 0.790. The normalized spacial score (nSPS) is 20.3. The summed E-state index contributed by atoms with van der Waals surface area (Å²) >= 11 is 5.71. The number of halogens is 1. The molecule has 2 heterocycles. The summed E-state index contributed by atoms with van der Waals surface area (Å²) in [4.78, 5) is 10.4. The van der Waals surface area contributed by atoms with E-state index < -0.39 is 5.60 Å². The number of hydrogen-bond donors (Lipinski definition) is 1. The summed E-state index contributed by atoms with van der Waals surface area (Å²) in [5, 5.41) is 10.3. The molecule has 0 bridgehead atoms. The summed E-state index contributed by atoms with van der Waals surface area (Å²) < 4.78 is 0. The molecule has 0 radical (unpaired) electrons. The highest BCUT2D eigenvalue weighted by Crippen LogP contribution is 2.23. The molecule has 0 unspecified atom stereocenters. The second-order valence-electron chi connectivity index (χ2n) is 4.19. The zero-order valence-electron chi connectivity index (χ0n) is 8.65. The van der Waals surface area contributed by atoms with Gasteiger partial charge in [-0.1, -0.05) is 11.6 Å². The molecule has 0 aromatic carbocycles. The Morgan fingerprint density at radius 1 is 1.33 bits per heavy atom. The first-order chi connectivity index (χ1) is 7.07. The van der Waals surface area contributed by atoms with Crippen LogP contribution in [0, 0.1) is 0 Å². The van der Waals surface area contributed by atoms with Crippen molar-refractivity contribution in [2.75, 3.05) is 18.0 Å². The van der Waals surface area contributed by atoms with Crippen LogP contribution in [0.4, 0.5) is 5.95 Å². The lowest BCUT2D eigenvalue weighted by molar-refractivity contribution is 0.0349. The smallest absolute Gasteiger partial charge is 0.225 e. The van der Waals surface area contributed by atoms with Crippen molar-refractivity contribution in [3.63, 3.8) is 0 Å². The summed E-state index contributed by atoms with van der Waals surface area (Å²) in [5.41, 5.74) is -0.539. The van der Waals surface area contributed by atoms with Crippen LogP contribution in [0.15, 0.2) is 12.4 Å². The maximum Gasteiger partial charge on any atom is 0.225 e. The molecule has 0 amide bonds. The molecule has 82 valence electrons. The highest BCUT2D eigenvalue weighted by Gasteiger charge is 2.28. The molecule has 1 aromatic rings. The second kappa shape index (κ2) is 3.94. The molecule has 0 spiro atoms. The second-order valence-corrected chi connectivity index (χ2v) is 4.62. The fourth-order valence-corrected chi connectivity index (χ4v) is 1.75. The Morgan fingerprint density at radius 3 is 2.40 bits per heavy atom. The van der Waals surface area contributed by atoms with Gasteiger partial charge in [0, 0.05) is 13.1 Å². The van der Waals surface area contributed by atoms with E-state index >= 15 is 0 Å². The number of piperidine rings is 1. The lowest BCUT2D eigenvalue weighted by Crippen LogP contribution is -2.43. The van der Waals surface area contributed by atoms with Gasteiger partial charge in [0.05, 0.1) is 23.0 Å². The van der Waals surface area contributed by atoms with Crippen molar-refractivity contribution in [3.8, 4) is 0 Å². The lowest BCUT2D eigenvalue weighted by atomic mass is 9.94. The fraction of sp³-hybridized carbons (Fsp3) is 0.600. The van der Waals surface area contributed by atoms with Crippen LogP contribution in [-0.4, -0.2) is 33.8 Å². The van der Waals surface area contributed by atoms with Crippen LogP contribution in [0.3, 0.4) is 0 Å². The van der Waals surface area contributed by atoms with Gasteiger partial charge in [-0.15, -0.1) is 0 Å². The van der Waals surface area contributed by atoms with E-state index in [9.17, 15) is 5.11 Å². The van der Waals surface area contributed by atoms with E-state index in [-0.39, 0.29) is 0 Å². The van der Waals surface area contributed by atoms with Crippen LogP contribution >= 0.6 is 11.6 Å². The minimum Gasteiger partial charge on any atom is -0.390 e. The zero-order chi connectivity index (χ0) is 10.9. The van der Waals surface area contributed by atoms with Gasteiger partial charge < -0.3 is 10.0 Å². The number of hydrogen-bond acceptors (Lipinski definition) is 4. The Balaban J connectivity index is 2.04. The Morgan fingerprint density at radius 2 is 1.87 bits per heavy atom. The third-order valence-electron chi connectivity index (χ3n) is 2.73. The van der Waals surface area contributed by atoms with Gasteiger partial charge in [0.2, 0.25) is 5.95 Å². The first-order valence-electron chi connectivity index (χ1n) is 5.02. The molecule has 1 fully saturated rings. The third-order valence-corrected chi connectivity index (χ3v) is 2.93. The maximum absolute atomic E-state index is 9.79. The molecule has 1 aliphatic heterocycles. The standard InChI is InChI=1S/C10H14ClN3O/c1-10(15)2-4-14(5-3-10)9-12-6-8(11)7-13-9/h6-7,15H,2-5H2,1H3. The van der Waals surface area contributed by atoms with Crippen LogP contribution in [0.2, 0.25) is 5.02 Å². The van der Waals surface area contributed by atoms with Crippen molar-refractivity contribution in [1.29, 1.82) is 0 Å². The van der Waals surface area contributed by atoms with Crippen LogP contribution < -0.4 is 4.90 Å². The average Bonchev–Trinajstić information content (AvgIpc) is 2.20. The minimum absolute atomic E-state index is 0.539. The molecule has 1 N–H and O–H groups in total. The first kappa shape index (κ1) is 10.6. The molecule has 0 aliphatic carbocycles. The van der Waals surface area contributed by atoms with Gasteiger partial charge in [-0.3, -0.25) is 0 Å². The van der Waals surface area contributed by atoms with Crippen molar-refractivity contribution in [2.45, 2.75) is 25.4 Å². The first-order valence-corrected chi connectivity index (χ1v) is 5.39. The summed E-state index contributed by atoms with van der Waals surface area (Å²) in [5.74, 6) is 0.690. The predicted octanol–water partition coefficient (Wildman–Crippen LogP) is 1.48. The van der Waals surface area contributed by atoms with E-state index in [2.05, 4.69) is 14.9 Å². The van der Waals surface area contributed by atoms with Gasteiger partial charge in [-0.25, -0.2) is 9.97 Å². The summed E-state index contributed by atoms with van der Waals surface area (Å²) in [6.45, 7) is 3.44. The van der Waals surface area contributed by atoms with E-state index in [0.29, 0.717) is 11.0 Å². The van der Waals surface area contributed by atoms with Crippen molar-refractivity contribution in [1.82, 2.24) is 9.97 Å². The topological polar surface area (TPSA) is 49.2 Å². The van der Waals surface area contributed by atoms with Gasteiger partial charge >= 0.3 is 0 Å². The van der Waals surface area contributed by atoms with Crippen LogP contribution in [0.5, 0.6) is 0 Å². The lowest BCUT2D eigenvalue weighted by Gasteiger charge is -2.35. The Kier molecular flexibility index (Phi) is 2.80. The van der Waals surface area contributed by atoms with Gasteiger partial charge in [0.15, 0.2) is 0 Å². The summed E-state index contributed by atoms with van der Waals surface area (Å²) in [6, 6.07) is 0. The minimum atomic E-state index is -0.539. The number of aromatic nitrogens is 2. The fourth-order valence-electron chi connectivity index (χ4n) is 1.66. The molecule has 5 heteroatoms. The molecule has 1 aromatic heterocycles. The monoisotopic (exact) mass is 227 g/mol. The van der Waals surface area contributed by atoms with Gasteiger partial charge in [0.25, 0.3) is 0 Å². The molecule has 1 saturated heterocycles. The molecule has 1 aliphatic rings. The molecule has 0 saturated carbocycles. The van der Waals surface area contributed by atoms with E-state index in [4.69, 9.17) is 11.6 Å². The van der Waals surface area contributed by atoms with Crippen LogP contribution in [-0.2, 0) is 0 Å².